The lowest BCUT2D eigenvalue weighted by atomic mass is 10.3. The maximum atomic E-state index is 5.38. The number of aryl methyl sites for hydroxylation is 1. The predicted octanol–water partition coefficient (Wildman–Crippen LogP) is 1.26. The molecule has 0 aliphatic heterocycles. The molecule has 0 aliphatic carbocycles. The largest absolute Gasteiger partial charge is 0.384 e. The van der Waals surface area contributed by atoms with Crippen LogP contribution in [-0.4, -0.2) is 4.98 Å². The van der Waals surface area contributed by atoms with Crippen LogP contribution in [-0.2, 0) is 0 Å². The molecule has 48 valence electrons. The number of nitrogen functional groups attached to an aromatic ring is 1. The third-order valence-electron chi connectivity index (χ3n) is 1.10. The van der Waals surface area contributed by atoms with E-state index in [0.717, 1.165) is 10.5 Å². The number of anilines is 1. The van der Waals surface area contributed by atoms with Gasteiger partial charge in [0, 0.05) is 11.1 Å². The third kappa shape index (κ3) is 1.36. The van der Waals surface area contributed by atoms with Crippen molar-refractivity contribution in [1.82, 2.24) is 4.98 Å². The molecule has 0 unspecified atom stereocenters. The van der Waals surface area contributed by atoms with Crippen LogP contribution in [0.15, 0.2) is 17.2 Å². The Hall–Kier alpha value is -0.700. The van der Waals surface area contributed by atoms with Crippen LogP contribution in [0.5, 0.6) is 0 Å². The molecule has 0 atom stereocenters. The minimum atomic E-state index is 0.547. The molecule has 0 amide bonds. The van der Waals surface area contributed by atoms with Gasteiger partial charge in [-0.2, -0.15) is 0 Å². The Labute approximate surface area is 59.5 Å². The quantitative estimate of drug-likeness (QED) is 0.532. The zero-order valence-electron chi connectivity index (χ0n) is 5.13. The summed E-state index contributed by atoms with van der Waals surface area (Å²) >= 11 is 4.13. The molecular weight excluding hydrogens is 132 g/mol. The summed E-state index contributed by atoms with van der Waals surface area (Å²) in [6, 6.07) is 1.79. The highest BCUT2D eigenvalue weighted by molar-refractivity contribution is 7.80. The van der Waals surface area contributed by atoms with Crippen LogP contribution < -0.4 is 5.73 Å². The van der Waals surface area contributed by atoms with Gasteiger partial charge in [-0.15, -0.1) is 12.6 Å². The average molecular weight is 140 g/mol. The number of pyridine rings is 1. The monoisotopic (exact) mass is 140 g/mol. The zero-order valence-corrected chi connectivity index (χ0v) is 6.02. The number of rotatable bonds is 0. The summed E-state index contributed by atoms with van der Waals surface area (Å²) in [6.45, 7) is 1.94. The fourth-order valence-corrected chi connectivity index (χ4v) is 0.693. The Bertz CT molecular complexity index is 222. The maximum Gasteiger partial charge on any atom is 0.123 e. The minimum Gasteiger partial charge on any atom is -0.384 e. The van der Waals surface area contributed by atoms with Crippen LogP contribution in [0.4, 0.5) is 5.82 Å². The van der Waals surface area contributed by atoms with E-state index in [1.165, 1.54) is 0 Å². The molecule has 0 radical (unpaired) electrons. The van der Waals surface area contributed by atoms with Crippen molar-refractivity contribution in [2.75, 3.05) is 5.73 Å². The van der Waals surface area contributed by atoms with E-state index < -0.39 is 0 Å². The average Bonchev–Trinajstić information content (AvgIpc) is 1.80. The molecule has 0 aliphatic rings. The van der Waals surface area contributed by atoms with E-state index in [1.807, 2.05) is 6.92 Å². The molecule has 2 nitrogen and oxygen atoms in total. The highest BCUT2D eigenvalue weighted by atomic mass is 32.1. The van der Waals surface area contributed by atoms with Gasteiger partial charge in [-0.1, -0.05) is 0 Å². The van der Waals surface area contributed by atoms with E-state index in [2.05, 4.69) is 17.6 Å². The van der Waals surface area contributed by atoms with Gasteiger partial charge in [-0.3, -0.25) is 0 Å². The lowest BCUT2D eigenvalue weighted by Crippen LogP contribution is -1.89. The Kier molecular flexibility index (Phi) is 1.62. The second-order valence-electron chi connectivity index (χ2n) is 1.90. The van der Waals surface area contributed by atoms with Gasteiger partial charge in [0.05, 0.1) is 0 Å². The Morgan fingerprint density at radius 3 is 2.78 bits per heavy atom. The van der Waals surface area contributed by atoms with Gasteiger partial charge < -0.3 is 5.73 Å². The molecule has 1 heterocycles. The summed E-state index contributed by atoms with van der Waals surface area (Å²) in [5.74, 6) is 0.547. The fraction of sp³-hybridized carbons (Fsp3) is 0.167. The molecule has 0 bridgehead atoms. The summed E-state index contributed by atoms with van der Waals surface area (Å²) < 4.78 is 0. The smallest absolute Gasteiger partial charge is 0.123 e. The van der Waals surface area contributed by atoms with Crippen molar-refractivity contribution in [2.45, 2.75) is 11.8 Å². The molecule has 0 saturated heterocycles. The van der Waals surface area contributed by atoms with Crippen molar-refractivity contribution in [1.29, 1.82) is 0 Å². The number of hydrogen-bond donors (Lipinski definition) is 2. The van der Waals surface area contributed by atoms with Crippen LogP contribution >= 0.6 is 12.6 Å². The first-order valence-electron chi connectivity index (χ1n) is 2.61. The van der Waals surface area contributed by atoms with Crippen molar-refractivity contribution in [3.63, 3.8) is 0 Å². The Morgan fingerprint density at radius 2 is 2.33 bits per heavy atom. The summed E-state index contributed by atoms with van der Waals surface area (Å²) in [5.41, 5.74) is 6.44. The molecule has 0 spiro atoms. The van der Waals surface area contributed by atoms with Crippen LogP contribution in [0, 0.1) is 6.92 Å². The Balaban J connectivity index is 3.17. The summed E-state index contributed by atoms with van der Waals surface area (Å²) in [7, 11) is 0. The van der Waals surface area contributed by atoms with Gasteiger partial charge >= 0.3 is 0 Å². The maximum absolute atomic E-state index is 5.38. The zero-order chi connectivity index (χ0) is 6.85. The van der Waals surface area contributed by atoms with Crippen molar-refractivity contribution in [3.05, 3.63) is 17.8 Å². The van der Waals surface area contributed by atoms with Crippen LogP contribution in [0.3, 0.4) is 0 Å². The van der Waals surface area contributed by atoms with Gasteiger partial charge in [-0.05, 0) is 18.6 Å². The summed E-state index contributed by atoms with van der Waals surface area (Å²) in [6.07, 6.45) is 1.65. The number of aromatic nitrogens is 1. The predicted molar refractivity (Wildman–Crippen MR) is 40.6 cm³/mol. The fourth-order valence-electron chi connectivity index (χ4n) is 0.571. The topological polar surface area (TPSA) is 38.9 Å². The third-order valence-corrected chi connectivity index (χ3v) is 1.57. The van der Waals surface area contributed by atoms with E-state index in [-0.39, 0.29) is 0 Å². The molecule has 1 aromatic rings. The number of nitrogens with zero attached hydrogens (tertiary/aromatic N) is 1. The molecule has 0 saturated carbocycles. The number of hydrogen-bond acceptors (Lipinski definition) is 3. The molecule has 1 rings (SSSR count). The van der Waals surface area contributed by atoms with Crippen molar-refractivity contribution < 1.29 is 0 Å². The molecule has 3 heteroatoms. The molecule has 0 fully saturated rings. The lowest BCUT2D eigenvalue weighted by molar-refractivity contribution is 1.19. The highest BCUT2D eigenvalue weighted by Gasteiger charge is 1.91. The van der Waals surface area contributed by atoms with Crippen LogP contribution in [0.2, 0.25) is 0 Å². The SMILES string of the molecule is Cc1cc(N)ncc1S. The Morgan fingerprint density at radius 1 is 1.67 bits per heavy atom. The highest BCUT2D eigenvalue weighted by Crippen LogP contribution is 2.11. The van der Waals surface area contributed by atoms with E-state index >= 15 is 0 Å². The molecule has 9 heavy (non-hydrogen) atoms. The summed E-state index contributed by atoms with van der Waals surface area (Å²) in [4.78, 5) is 4.72. The summed E-state index contributed by atoms with van der Waals surface area (Å²) in [5, 5.41) is 0. The minimum absolute atomic E-state index is 0.547. The van der Waals surface area contributed by atoms with Crippen molar-refractivity contribution in [3.8, 4) is 0 Å². The van der Waals surface area contributed by atoms with E-state index in [4.69, 9.17) is 5.73 Å². The second kappa shape index (κ2) is 2.27. The first-order valence-corrected chi connectivity index (χ1v) is 3.06. The lowest BCUT2D eigenvalue weighted by Gasteiger charge is -1.96. The van der Waals surface area contributed by atoms with Gasteiger partial charge in [0.15, 0.2) is 0 Å². The normalized spacial score (nSPS) is 9.56. The molecule has 2 N–H and O–H groups in total. The van der Waals surface area contributed by atoms with E-state index in [9.17, 15) is 0 Å². The second-order valence-corrected chi connectivity index (χ2v) is 2.38. The van der Waals surface area contributed by atoms with Gasteiger partial charge in [-0.25, -0.2) is 4.98 Å². The number of thiol groups is 1. The van der Waals surface area contributed by atoms with Crippen molar-refractivity contribution in [2.24, 2.45) is 0 Å². The first-order chi connectivity index (χ1) is 4.20. The van der Waals surface area contributed by atoms with Crippen molar-refractivity contribution >= 4 is 18.4 Å². The first kappa shape index (κ1) is 6.42. The molecule has 1 aromatic heterocycles. The van der Waals surface area contributed by atoms with Crippen LogP contribution in [0.1, 0.15) is 5.56 Å². The number of nitrogens with two attached hydrogens (primary N) is 1. The standard InChI is InChI=1S/C6H8N2S/c1-4-2-6(7)8-3-5(4)9/h2-3,9H,1H3,(H2,7,8). The van der Waals surface area contributed by atoms with Gasteiger partial charge in [0.2, 0.25) is 0 Å². The molecular formula is C6H8N2S. The van der Waals surface area contributed by atoms with Gasteiger partial charge in [0.1, 0.15) is 5.82 Å². The van der Waals surface area contributed by atoms with E-state index in [1.54, 1.807) is 12.3 Å². The molecule has 0 aromatic carbocycles. The van der Waals surface area contributed by atoms with Gasteiger partial charge in [0.25, 0.3) is 0 Å². The van der Waals surface area contributed by atoms with Crippen LogP contribution in [0.25, 0.3) is 0 Å². The van der Waals surface area contributed by atoms with E-state index in [0.29, 0.717) is 5.82 Å².